The van der Waals surface area contributed by atoms with E-state index >= 15 is 0 Å². The van der Waals surface area contributed by atoms with E-state index in [2.05, 4.69) is 34.6 Å². The summed E-state index contributed by atoms with van der Waals surface area (Å²) in [5.41, 5.74) is 2.80. The summed E-state index contributed by atoms with van der Waals surface area (Å²) in [4.78, 5) is 17.7. The van der Waals surface area contributed by atoms with Gasteiger partial charge in [0.15, 0.2) is 5.13 Å². The van der Waals surface area contributed by atoms with Crippen molar-refractivity contribution in [1.82, 2.24) is 4.98 Å². The largest absolute Gasteiger partial charge is 0.457 e. The molecular weight excluding hydrogens is 404 g/mol. The zero-order valence-electron chi connectivity index (χ0n) is 17.1. The standard InChI is InChI=1S/C26H22N2O2S/c1-26(24(29)28-25-27-14-15-31-25)17-19-16-21(30-20-10-6-3-7-11-20)12-13-22(19)23(26)18-8-4-2-5-9-18/h2-16,23H,17H2,1H3,(H,27,28,29). The Hall–Kier alpha value is -3.44. The van der Waals surface area contributed by atoms with Crippen LogP contribution in [0.3, 0.4) is 0 Å². The highest BCUT2D eigenvalue weighted by Gasteiger charge is 2.49. The predicted molar refractivity (Wildman–Crippen MR) is 124 cm³/mol. The van der Waals surface area contributed by atoms with Crippen molar-refractivity contribution >= 4 is 22.4 Å². The van der Waals surface area contributed by atoms with E-state index in [-0.39, 0.29) is 11.8 Å². The molecule has 0 radical (unpaired) electrons. The van der Waals surface area contributed by atoms with Crippen LogP contribution in [-0.4, -0.2) is 10.9 Å². The Bertz CT molecular complexity index is 1190. The van der Waals surface area contributed by atoms with E-state index in [0.29, 0.717) is 11.6 Å². The van der Waals surface area contributed by atoms with Crippen molar-refractivity contribution in [2.75, 3.05) is 5.32 Å². The van der Waals surface area contributed by atoms with E-state index < -0.39 is 5.41 Å². The van der Waals surface area contributed by atoms with E-state index in [0.717, 1.165) is 22.6 Å². The number of amides is 1. The SMILES string of the molecule is CC1(C(=O)Nc2nccs2)Cc2cc(Oc3ccccc3)ccc2C1c1ccccc1. The molecule has 1 aliphatic rings. The second-order valence-corrected chi connectivity index (χ2v) is 8.90. The molecule has 31 heavy (non-hydrogen) atoms. The Morgan fingerprint density at radius 2 is 1.77 bits per heavy atom. The zero-order chi connectivity index (χ0) is 21.3. The summed E-state index contributed by atoms with van der Waals surface area (Å²) in [5.74, 6) is 1.51. The predicted octanol–water partition coefficient (Wildman–Crippen LogP) is 6.27. The number of rotatable bonds is 5. The number of hydrogen-bond acceptors (Lipinski definition) is 4. The third-order valence-corrected chi connectivity index (χ3v) is 6.59. The van der Waals surface area contributed by atoms with Gasteiger partial charge in [0.25, 0.3) is 0 Å². The monoisotopic (exact) mass is 426 g/mol. The normalized spacial score (nSPS) is 19.6. The van der Waals surface area contributed by atoms with Crippen molar-refractivity contribution in [2.24, 2.45) is 5.41 Å². The van der Waals surface area contributed by atoms with Crippen LogP contribution in [-0.2, 0) is 11.2 Å². The quantitative estimate of drug-likeness (QED) is 0.409. The van der Waals surface area contributed by atoms with Crippen LogP contribution in [0.5, 0.6) is 11.5 Å². The summed E-state index contributed by atoms with van der Waals surface area (Å²) in [6.45, 7) is 2.05. The Labute approximate surface area is 185 Å². The van der Waals surface area contributed by atoms with Gasteiger partial charge in [-0.3, -0.25) is 4.79 Å². The van der Waals surface area contributed by atoms with Crippen LogP contribution in [0, 0.1) is 5.41 Å². The van der Waals surface area contributed by atoms with Crippen molar-refractivity contribution in [3.8, 4) is 11.5 Å². The summed E-state index contributed by atoms with van der Waals surface area (Å²) >= 11 is 1.43. The van der Waals surface area contributed by atoms with Gasteiger partial charge in [0.2, 0.25) is 5.91 Å². The second kappa shape index (κ2) is 8.00. The summed E-state index contributed by atoms with van der Waals surface area (Å²) in [6, 6.07) is 26.2. The van der Waals surface area contributed by atoms with Crippen molar-refractivity contribution in [3.05, 3.63) is 107 Å². The topological polar surface area (TPSA) is 51.2 Å². The van der Waals surface area contributed by atoms with Gasteiger partial charge in [-0.2, -0.15) is 0 Å². The Balaban J connectivity index is 1.52. The molecule has 5 heteroatoms. The molecule has 3 aromatic carbocycles. The summed E-state index contributed by atoms with van der Waals surface area (Å²) in [6.07, 6.45) is 2.33. The number of ether oxygens (including phenoxy) is 1. The van der Waals surface area contributed by atoms with Gasteiger partial charge in [-0.05, 0) is 54.3 Å². The molecule has 1 N–H and O–H groups in total. The van der Waals surface area contributed by atoms with Gasteiger partial charge in [-0.25, -0.2) is 4.98 Å². The van der Waals surface area contributed by atoms with Crippen LogP contribution in [0.25, 0.3) is 0 Å². The maximum Gasteiger partial charge on any atom is 0.233 e. The molecule has 0 bridgehead atoms. The number of nitrogens with zero attached hydrogens (tertiary/aromatic N) is 1. The first-order chi connectivity index (χ1) is 15.1. The summed E-state index contributed by atoms with van der Waals surface area (Å²) < 4.78 is 6.05. The molecule has 1 aromatic heterocycles. The third-order valence-electron chi connectivity index (χ3n) is 5.90. The van der Waals surface area contributed by atoms with Crippen molar-refractivity contribution < 1.29 is 9.53 Å². The Morgan fingerprint density at radius 3 is 2.48 bits per heavy atom. The van der Waals surface area contributed by atoms with Crippen molar-refractivity contribution in [2.45, 2.75) is 19.3 Å². The van der Waals surface area contributed by atoms with E-state index in [1.54, 1.807) is 6.20 Å². The highest BCUT2D eigenvalue weighted by molar-refractivity contribution is 7.13. The maximum absolute atomic E-state index is 13.5. The van der Waals surface area contributed by atoms with Crippen LogP contribution in [0.4, 0.5) is 5.13 Å². The lowest BCUT2D eigenvalue weighted by Crippen LogP contribution is -2.37. The molecule has 5 rings (SSSR count). The number of para-hydroxylation sites is 1. The molecule has 0 saturated heterocycles. The van der Waals surface area contributed by atoms with Crippen molar-refractivity contribution in [1.29, 1.82) is 0 Å². The lowest BCUT2D eigenvalue weighted by Gasteiger charge is -2.30. The van der Waals surface area contributed by atoms with Gasteiger partial charge in [-0.15, -0.1) is 11.3 Å². The molecule has 4 nitrogen and oxygen atoms in total. The fourth-order valence-electron chi connectivity index (χ4n) is 4.48. The fourth-order valence-corrected chi connectivity index (χ4v) is 5.00. The van der Waals surface area contributed by atoms with E-state index in [1.807, 2.05) is 66.9 Å². The second-order valence-electron chi connectivity index (χ2n) is 8.01. The molecule has 0 fully saturated rings. The molecule has 0 saturated carbocycles. The number of hydrogen-bond donors (Lipinski definition) is 1. The molecule has 0 spiro atoms. The number of nitrogens with one attached hydrogen (secondary N) is 1. The minimum Gasteiger partial charge on any atom is -0.457 e. The Kier molecular flexibility index (Phi) is 5.04. The van der Waals surface area contributed by atoms with Gasteiger partial charge in [0.1, 0.15) is 11.5 Å². The highest BCUT2D eigenvalue weighted by atomic mass is 32.1. The summed E-state index contributed by atoms with van der Waals surface area (Å²) in [7, 11) is 0. The first-order valence-corrected chi connectivity index (χ1v) is 11.1. The number of aromatic nitrogens is 1. The van der Waals surface area contributed by atoms with Crippen molar-refractivity contribution in [3.63, 3.8) is 0 Å². The minimum absolute atomic E-state index is 0.0157. The van der Waals surface area contributed by atoms with Crippen LogP contribution < -0.4 is 10.1 Å². The molecule has 1 heterocycles. The Morgan fingerprint density at radius 1 is 1.03 bits per heavy atom. The van der Waals surface area contributed by atoms with Crippen LogP contribution in [0.2, 0.25) is 0 Å². The zero-order valence-corrected chi connectivity index (χ0v) is 17.9. The fraction of sp³-hybridized carbons (Fsp3) is 0.154. The third kappa shape index (κ3) is 3.73. The first kappa shape index (κ1) is 19.5. The van der Waals surface area contributed by atoms with E-state index in [1.165, 1.54) is 16.9 Å². The van der Waals surface area contributed by atoms with Gasteiger partial charge in [-0.1, -0.05) is 54.6 Å². The van der Waals surface area contributed by atoms with Crippen LogP contribution >= 0.6 is 11.3 Å². The maximum atomic E-state index is 13.5. The number of anilines is 1. The average molecular weight is 427 g/mol. The lowest BCUT2D eigenvalue weighted by atomic mass is 9.73. The van der Waals surface area contributed by atoms with Crippen LogP contribution in [0.1, 0.15) is 29.5 Å². The van der Waals surface area contributed by atoms with E-state index in [9.17, 15) is 4.79 Å². The molecular formula is C26H22N2O2S. The minimum atomic E-state index is -0.638. The van der Waals surface area contributed by atoms with Gasteiger partial charge < -0.3 is 10.1 Å². The molecule has 2 unspecified atom stereocenters. The number of carbonyl (C=O) groups excluding carboxylic acids is 1. The lowest BCUT2D eigenvalue weighted by molar-refractivity contribution is -0.125. The van der Waals surface area contributed by atoms with Crippen LogP contribution in [0.15, 0.2) is 90.4 Å². The van der Waals surface area contributed by atoms with Gasteiger partial charge in [0.05, 0.1) is 5.41 Å². The first-order valence-electron chi connectivity index (χ1n) is 10.2. The average Bonchev–Trinajstić information content (AvgIpc) is 3.40. The van der Waals surface area contributed by atoms with Gasteiger partial charge in [0, 0.05) is 17.5 Å². The molecule has 0 aliphatic heterocycles. The highest BCUT2D eigenvalue weighted by Crippen LogP contribution is 2.52. The number of carbonyl (C=O) groups is 1. The molecule has 4 aromatic rings. The molecule has 1 aliphatic carbocycles. The molecule has 2 atom stereocenters. The molecule has 154 valence electrons. The smallest absolute Gasteiger partial charge is 0.233 e. The number of benzene rings is 3. The van der Waals surface area contributed by atoms with E-state index in [4.69, 9.17) is 4.74 Å². The summed E-state index contributed by atoms with van der Waals surface area (Å²) in [5, 5.41) is 5.52. The number of thiazole rings is 1. The molecule has 1 amide bonds. The number of fused-ring (bicyclic) bond motifs is 1. The van der Waals surface area contributed by atoms with Gasteiger partial charge >= 0.3 is 0 Å².